The Hall–Kier alpha value is -0.570. The molecule has 0 atom stereocenters. The van der Waals surface area contributed by atoms with E-state index in [9.17, 15) is 4.79 Å². The van der Waals surface area contributed by atoms with E-state index in [2.05, 4.69) is 31.4 Å². The molecule has 3 nitrogen and oxygen atoms in total. The molecule has 0 aromatic rings. The summed E-state index contributed by atoms with van der Waals surface area (Å²) in [6.45, 7) is 8.07. The van der Waals surface area contributed by atoms with Crippen LogP contribution >= 0.6 is 0 Å². The lowest BCUT2D eigenvalue weighted by Crippen LogP contribution is -2.39. The molecule has 0 unspecified atom stereocenters. The maximum absolute atomic E-state index is 11.8. The van der Waals surface area contributed by atoms with Crippen molar-refractivity contribution >= 4 is 5.91 Å². The Balaban J connectivity index is 1.59. The number of nitrogens with one attached hydrogen (secondary N) is 2. The van der Waals surface area contributed by atoms with Crippen LogP contribution in [0.25, 0.3) is 0 Å². The first-order valence-electron chi connectivity index (χ1n) is 7.47. The zero-order chi connectivity index (χ0) is 13.2. The van der Waals surface area contributed by atoms with Crippen LogP contribution in [0.5, 0.6) is 0 Å². The van der Waals surface area contributed by atoms with E-state index in [1.807, 2.05) is 0 Å². The zero-order valence-corrected chi connectivity index (χ0v) is 12.1. The van der Waals surface area contributed by atoms with Crippen molar-refractivity contribution < 1.29 is 4.79 Å². The van der Waals surface area contributed by atoms with Gasteiger partial charge in [-0.2, -0.15) is 0 Å². The van der Waals surface area contributed by atoms with Crippen LogP contribution in [0.4, 0.5) is 0 Å². The van der Waals surface area contributed by atoms with Crippen LogP contribution in [-0.4, -0.2) is 24.5 Å². The van der Waals surface area contributed by atoms with Crippen LogP contribution in [-0.2, 0) is 4.79 Å². The van der Waals surface area contributed by atoms with Gasteiger partial charge in [0.1, 0.15) is 0 Å². The molecule has 2 aliphatic carbocycles. The molecule has 0 spiro atoms. The van der Waals surface area contributed by atoms with Gasteiger partial charge >= 0.3 is 0 Å². The molecule has 0 heterocycles. The van der Waals surface area contributed by atoms with Crippen molar-refractivity contribution in [1.82, 2.24) is 10.6 Å². The molecule has 1 amide bonds. The van der Waals surface area contributed by atoms with Crippen LogP contribution in [0, 0.1) is 17.8 Å². The summed E-state index contributed by atoms with van der Waals surface area (Å²) in [4.78, 5) is 11.8. The topological polar surface area (TPSA) is 41.1 Å². The monoisotopic (exact) mass is 252 g/mol. The van der Waals surface area contributed by atoms with Crippen molar-refractivity contribution in [3.05, 3.63) is 0 Å². The second kappa shape index (κ2) is 5.60. The minimum atomic E-state index is 0.102. The number of amides is 1. The van der Waals surface area contributed by atoms with Gasteiger partial charge in [-0.25, -0.2) is 0 Å². The molecule has 2 aliphatic rings. The molecule has 3 heteroatoms. The highest BCUT2D eigenvalue weighted by Gasteiger charge is 2.41. The first-order valence-corrected chi connectivity index (χ1v) is 7.47. The van der Waals surface area contributed by atoms with Crippen molar-refractivity contribution in [3.63, 3.8) is 0 Å². The van der Waals surface area contributed by atoms with Gasteiger partial charge in [0, 0.05) is 25.0 Å². The predicted molar refractivity (Wildman–Crippen MR) is 74.3 cm³/mol. The molecule has 0 saturated heterocycles. The van der Waals surface area contributed by atoms with E-state index in [1.165, 1.54) is 25.7 Å². The van der Waals surface area contributed by atoms with E-state index < -0.39 is 0 Å². The normalized spacial score (nSPS) is 20.2. The van der Waals surface area contributed by atoms with Gasteiger partial charge in [0.05, 0.1) is 0 Å². The maximum Gasteiger partial charge on any atom is 0.221 e. The minimum absolute atomic E-state index is 0.102. The highest BCUT2D eigenvalue weighted by Crippen LogP contribution is 2.48. The Kier molecular flexibility index (Phi) is 4.31. The van der Waals surface area contributed by atoms with E-state index in [0.29, 0.717) is 6.42 Å². The summed E-state index contributed by atoms with van der Waals surface area (Å²) in [7, 11) is 0. The molecule has 2 N–H and O–H groups in total. The van der Waals surface area contributed by atoms with Gasteiger partial charge in [0.25, 0.3) is 0 Å². The largest absolute Gasteiger partial charge is 0.356 e. The number of carbonyl (C=O) groups is 1. The second-order valence-electron chi connectivity index (χ2n) is 7.07. The second-order valence-corrected chi connectivity index (χ2v) is 7.07. The highest BCUT2D eigenvalue weighted by atomic mass is 16.1. The van der Waals surface area contributed by atoms with Gasteiger partial charge in [-0.05, 0) is 64.2 Å². The van der Waals surface area contributed by atoms with Crippen LogP contribution in [0.2, 0.25) is 0 Å². The average Bonchev–Trinajstić information content (AvgIpc) is 3.11. The maximum atomic E-state index is 11.8. The van der Waals surface area contributed by atoms with Crippen molar-refractivity contribution in [2.24, 2.45) is 17.8 Å². The lowest BCUT2D eigenvalue weighted by atomic mass is 9.98. The number of hydrogen-bond acceptors (Lipinski definition) is 2. The van der Waals surface area contributed by atoms with Crippen molar-refractivity contribution in [1.29, 1.82) is 0 Å². The highest BCUT2D eigenvalue weighted by molar-refractivity contribution is 5.76. The third-order valence-corrected chi connectivity index (χ3v) is 4.00. The first-order chi connectivity index (χ1) is 8.46. The van der Waals surface area contributed by atoms with E-state index in [-0.39, 0.29) is 11.4 Å². The first kappa shape index (κ1) is 13.9. The fourth-order valence-corrected chi connectivity index (χ4v) is 2.64. The van der Waals surface area contributed by atoms with E-state index >= 15 is 0 Å². The number of carbonyl (C=O) groups excluding carboxylic acids is 1. The SMILES string of the molecule is CC(C)(C)NCCC(=O)NCC(C1CC1)C1CC1. The fraction of sp³-hybridized carbons (Fsp3) is 0.933. The third kappa shape index (κ3) is 4.97. The smallest absolute Gasteiger partial charge is 0.221 e. The van der Waals surface area contributed by atoms with Gasteiger partial charge in [-0.1, -0.05) is 0 Å². The van der Waals surface area contributed by atoms with Crippen LogP contribution in [0.3, 0.4) is 0 Å². The molecular formula is C15H28N2O. The molecule has 0 aliphatic heterocycles. The molecule has 18 heavy (non-hydrogen) atoms. The number of hydrogen-bond donors (Lipinski definition) is 2. The Labute approximate surface area is 111 Å². The summed E-state index contributed by atoms with van der Waals surface area (Å²) in [5.74, 6) is 2.83. The lowest BCUT2D eigenvalue weighted by Gasteiger charge is -2.20. The molecule has 0 bridgehead atoms. The molecule has 0 aromatic carbocycles. The standard InChI is InChI=1S/C15H28N2O/c1-15(2,3)17-9-8-14(18)16-10-13(11-4-5-11)12-6-7-12/h11-13,17H,4-10H2,1-3H3,(H,16,18). The van der Waals surface area contributed by atoms with Crippen LogP contribution < -0.4 is 10.6 Å². The van der Waals surface area contributed by atoms with Crippen LogP contribution in [0.1, 0.15) is 52.9 Å². The quantitative estimate of drug-likeness (QED) is 0.730. The Morgan fingerprint density at radius 2 is 1.72 bits per heavy atom. The van der Waals surface area contributed by atoms with Crippen molar-refractivity contribution in [2.45, 2.75) is 58.4 Å². The summed E-state index contributed by atoms with van der Waals surface area (Å²) >= 11 is 0. The van der Waals surface area contributed by atoms with Gasteiger partial charge in [-0.15, -0.1) is 0 Å². The number of rotatable bonds is 7. The fourth-order valence-electron chi connectivity index (χ4n) is 2.64. The summed E-state index contributed by atoms with van der Waals surface area (Å²) in [5.41, 5.74) is 0.102. The van der Waals surface area contributed by atoms with E-state index in [0.717, 1.165) is 30.8 Å². The molecule has 2 saturated carbocycles. The summed E-state index contributed by atoms with van der Waals surface area (Å²) in [5, 5.41) is 6.48. The van der Waals surface area contributed by atoms with Crippen molar-refractivity contribution in [2.75, 3.05) is 13.1 Å². The Bertz CT molecular complexity index is 275. The molecule has 2 fully saturated rings. The Morgan fingerprint density at radius 1 is 1.17 bits per heavy atom. The van der Waals surface area contributed by atoms with Gasteiger partial charge < -0.3 is 10.6 Å². The molecule has 2 rings (SSSR count). The molecule has 0 aromatic heterocycles. The summed E-state index contributed by atoms with van der Waals surface area (Å²) in [6, 6.07) is 0. The third-order valence-electron chi connectivity index (χ3n) is 4.00. The summed E-state index contributed by atoms with van der Waals surface area (Å²) in [6.07, 6.45) is 6.16. The van der Waals surface area contributed by atoms with E-state index in [1.54, 1.807) is 0 Å². The van der Waals surface area contributed by atoms with Gasteiger partial charge in [0.15, 0.2) is 0 Å². The predicted octanol–water partition coefficient (Wildman–Crippen LogP) is 2.32. The minimum Gasteiger partial charge on any atom is -0.356 e. The van der Waals surface area contributed by atoms with Gasteiger partial charge in [-0.3, -0.25) is 4.79 Å². The summed E-state index contributed by atoms with van der Waals surface area (Å²) < 4.78 is 0. The van der Waals surface area contributed by atoms with Crippen LogP contribution in [0.15, 0.2) is 0 Å². The zero-order valence-electron chi connectivity index (χ0n) is 12.1. The molecule has 0 radical (unpaired) electrons. The Morgan fingerprint density at radius 3 is 2.17 bits per heavy atom. The van der Waals surface area contributed by atoms with Gasteiger partial charge in [0.2, 0.25) is 5.91 Å². The van der Waals surface area contributed by atoms with Crippen molar-refractivity contribution in [3.8, 4) is 0 Å². The average molecular weight is 252 g/mol. The molecule has 104 valence electrons. The molecular weight excluding hydrogens is 224 g/mol. The van der Waals surface area contributed by atoms with E-state index in [4.69, 9.17) is 0 Å². The lowest BCUT2D eigenvalue weighted by molar-refractivity contribution is -0.121.